The highest BCUT2D eigenvalue weighted by molar-refractivity contribution is 4.68. The van der Waals surface area contributed by atoms with E-state index in [1.807, 2.05) is 6.92 Å². The lowest BCUT2D eigenvalue weighted by atomic mass is 10.1. The largest absolute Gasteiger partial charge is 0.352 e. The van der Waals surface area contributed by atoms with E-state index in [1.54, 1.807) is 0 Å². The van der Waals surface area contributed by atoms with Crippen LogP contribution in [0, 0.1) is 23.7 Å². The molecule has 0 unspecified atom stereocenters. The first kappa shape index (κ1) is 23.8. The highest BCUT2D eigenvalue weighted by Crippen LogP contribution is 2.24. The molecule has 0 rings (SSSR count). The Labute approximate surface area is 150 Å². The van der Waals surface area contributed by atoms with Gasteiger partial charge in [-0.15, -0.1) is 0 Å². The normalized spacial score (nSPS) is 13.2. The van der Waals surface area contributed by atoms with Crippen molar-refractivity contribution in [3.05, 3.63) is 0 Å². The molecule has 0 aromatic carbocycles. The highest BCUT2D eigenvalue weighted by Gasteiger charge is 2.32. The minimum absolute atomic E-state index is 0.306. The summed E-state index contributed by atoms with van der Waals surface area (Å²) in [6.07, 6.45) is 0.269. The lowest BCUT2D eigenvalue weighted by Gasteiger charge is -2.35. The van der Waals surface area contributed by atoms with Gasteiger partial charge in [-0.3, -0.25) is 0 Å². The summed E-state index contributed by atoms with van der Waals surface area (Å²) in [4.78, 5) is 0. The van der Waals surface area contributed by atoms with Gasteiger partial charge in [-0.05, 0) is 30.6 Å². The molecule has 0 aliphatic rings. The second kappa shape index (κ2) is 12.2. The molecule has 24 heavy (non-hydrogen) atoms. The van der Waals surface area contributed by atoms with Crippen LogP contribution in [0.5, 0.6) is 0 Å². The van der Waals surface area contributed by atoms with E-state index in [-0.39, 0.29) is 6.29 Å². The van der Waals surface area contributed by atoms with Gasteiger partial charge in [-0.2, -0.15) is 0 Å². The molecule has 0 saturated carbocycles. The molecule has 0 radical (unpaired) electrons. The predicted octanol–water partition coefficient (Wildman–Crippen LogP) is 5.11. The van der Waals surface area contributed by atoms with E-state index in [1.165, 1.54) is 0 Å². The highest BCUT2D eigenvalue weighted by atomic mass is 16.7. The Hall–Kier alpha value is -0.160. The van der Waals surface area contributed by atoms with Gasteiger partial charge >= 0.3 is 0 Å². The van der Waals surface area contributed by atoms with Gasteiger partial charge in [-0.1, -0.05) is 55.4 Å². The average Bonchev–Trinajstić information content (AvgIpc) is 2.46. The minimum atomic E-state index is -0.687. The molecule has 0 heterocycles. The van der Waals surface area contributed by atoms with E-state index < -0.39 is 5.79 Å². The summed E-state index contributed by atoms with van der Waals surface area (Å²) >= 11 is 0. The van der Waals surface area contributed by atoms with Crippen molar-refractivity contribution in [3.8, 4) is 0 Å². The van der Waals surface area contributed by atoms with Crippen LogP contribution in [-0.2, 0) is 18.9 Å². The molecular formula is C20H42O4. The third kappa shape index (κ3) is 13.2. The predicted molar refractivity (Wildman–Crippen MR) is 100.0 cm³/mol. The molecule has 0 aliphatic carbocycles. The summed E-state index contributed by atoms with van der Waals surface area (Å²) in [6.45, 7) is 21.8. The third-order valence-corrected chi connectivity index (χ3v) is 3.21. The quantitative estimate of drug-likeness (QED) is 0.410. The third-order valence-electron chi connectivity index (χ3n) is 3.21. The summed E-state index contributed by atoms with van der Waals surface area (Å²) in [5.74, 6) is 1.16. The molecule has 0 bridgehead atoms. The zero-order chi connectivity index (χ0) is 18.8. The van der Waals surface area contributed by atoms with Crippen LogP contribution in [0.1, 0.15) is 68.7 Å². The Kier molecular flexibility index (Phi) is 12.2. The Morgan fingerprint density at radius 2 is 0.917 bits per heavy atom. The topological polar surface area (TPSA) is 36.9 Å². The van der Waals surface area contributed by atoms with Crippen molar-refractivity contribution in [3.63, 3.8) is 0 Å². The van der Waals surface area contributed by atoms with Crippen molar-refractivity contribution in [2.75, 3.05) is 26.4 Å². The van der Waals surface area contributed by atoms with E-state index in [0.717, 1.165) is 0 Å². The lowest BCUT2D eigenvalue weighted by Crippen LogP contribution is -2.40. The van der Waals surface area contributed by atoms with Crippen molar-refractivity contribution < 1.29 is 18.9 Å². The summed E-state index contributed by atoms with van der Waals surface area (Å²) in [5, 5.41) is 0. The molecule has 0 amide bonds. The summed E-state index contributed by atoms with van der Waals surface area (Å²) < 4.78 is 24.2. The van der Waals surface area contributed by atoms with Crippen LogP contribution in [0.3, 0.4) is 0 Å². The van der Waals surface area contributed by atoms with Crippen LogP contribution in [0.15, 0.2) is 0 Å². The van der Waals surface area contributed by atoms with Crippen LogP contribution in [0.25, 0.3) is 0 Å². The van der Waals surface area contributed by atoms with Gasteiger partial charge < -0.3 is 18.9 Å². The second-order valence-electron chi connectivity index (χ2n) is 8.63. The van der Waals surface area contributed by atoms with Gasteiger partial charge in [0.1, 0.15) is 0 Å². The SMILES string of the molecule is CC(C)COC(CC(C)(OCC(C)C)OCC(C)C)OCC(C)C. The summed E-state index contributed by atoms with van der Waals surface area (Å²) in [7, 11) is 0. The molecule has 0 aromatic rings. The smallest absolute Gasteiger partial charge is 0.170 e. The van der Waals surface area contributed by atoms with Crippen LogP contribution in [-0.4, -0.2) is 38.5 Å². The van der Waals surface area contributed by atoms with Crippen molar-refractivity contribution in [1.29, 1.82) is 0 Å². The van der Waals surface area contributed by atoms with Crippen molar-refractivity contribution in [2.45, 2.75) is 80.8 Å². The molecule has 0 saturated heterocycles. The first-order chi connectivity index (χ1) is 11.0. The molecule has 0 N–H and O–H groups in total. The molecule has 0 fully saturated rings. The first-order valence-electron chi connectivity index (χ1n) is 9.55. The Morgan fingerprint density at radius 3 is 1.21 bits per heavy atom. The molecule has 4 nitrogen and oxygen atoms in total. The fourth-order valence-electron chi connectivity index (χ4n) is 1.91. The van der Waals surface area contributed by atoms with Crippen LogP contribution in [0.2, 0.25) is 0 Å². The molecule has 4 heteroatoms. The fraction of sp³-hybridized carbons (Fsp3) is 1.00. The molecule has 146 valence electrons. The maximum atomic E-state index is 6.10. The van der Waals surface area contributed by atoms with Gasteiger partial charge in [0.05, 0.1) is 32.8 Å². The number of rotatable bonds is 14. The van der Waals surface area contributed by atoms with Crippen LogP contribution < -0.4 is 0 Å². The van der Waals surface area contributed by atoms with E-state index in [0.29, 0.717) is 56.5 Å². The molecule has 0 atom stereocenters. The standard InChI is InChI=1S/C20H42O4/c1-15(2)11-21-19(22-12-16(3)4)10-20(9,23-13-17(5)6)24-14-18(7)8/h15-19H,10-14H2,1-9H3. The fourth-order valence-corrected chi connectivity index (χ4v) is 1.91. The minimum Gasteiger partial charge on any atom is -0.352 e. The van der Waals surface area contributed by atoms with Crippen LogP contribution in [0.4, 0.5) is 0 Å². The van der Waals surface area contributed by atoms with E-state index in [9.17, 15) is 0 Å². The van der Waals surface area contributed by atoms with Crippen molar-refractivity contribution >= 4 is 0 Å². The van der Waals surface area contributed by atoms with Crippen molar-refractivity contribution in [2.24, 2.45) is 23.7 Å². The van der Waals surface area contributed by atoms with E-state index >= 15 is 0 Å². The number of ether oxygens (including phenoxy) is 4. The molecule has 0 spiro atoms. The van der Waals surface area contributed by atoms with Gasteiger partial charge in [0.15, 0.2) is 12.1 Å². The Bertz CT molecular complexity index is 276. The molecular weight excluding hydrogens is 304 g/mol. The molecule has 0 aromatic heterocycles. The van der Waals surface area contributed by atoms with Gasteiger partial charge in [0, 0.05) is 0 Å². The van der Waals surface area contributed by atoms with Crippen molar-refractivity contribution in [1.82, 2.24) is 0 Å². The number of hydrogen-bond donors (Lipinski definition) is 0. The summed E-state index contributed by atoms with van der Waals surface area (Å²) in [6, 6.07) is 0. The van der Waals surface area contributed by atoms with Gasteiger partial charge in [-0.25, -0.2) is 0 Å². The average molecular weight is 347 g/mol. The second-order valence-corrected chi connectivity index (χ2v) is 8.63. The van der Waals surface area contributed by atoms with E-state index in [2.05, 4.69) is 55.4 Å². The zero-order valence-electron chi connectivity index (χ0n) is 17.6. The van der Waals surface area contributed by atoms with E-state index in [4.69, 9.17) is 18.9 Å². The molecule has 0 aliphatic heterocycles. The van der Waals surface area contributed by atoms with Gasteiger partial charge in [0.25, 0.3) is 0 Å². The Morgan fingerprint density at radius 1 is 0.583 bits per heavy atom. The van der Waals surface area contributed by atoms with Crippen LogP contribution >= 0.6 is 0 Å². The van der Waals surface area contributed by atoms with Gasteiger partial charge in [0.2, 0.25) is 0 Å². The first-order valence-corrected chi connectivity index (χ1v) is 9.55. The zero-order valence-corrected chi connectivity index (χ0v) is 17.6. The maximum absolute atomic E-state index is 6.10. The Balaban J connectivity index is 4.86. The number of hydrogen-bond acceptors (Lipinski definition) is 4. The maximum Gasteiger partial charge on any atom is 0.170 e. The monoisotopic (exact) mass is 346 g/mol. The summed E-state index contributed by atoms with van der Waals surface area (Å²) in [5.41, 5.74) is 0. The lowest BCUT2D eigenvalue weighted by molar-refractivity contribution is -0.276.